The number of rotatable bonds is 5. The maximum Gasteiger partial charge on any atom is 0.273 e. The molecule has 0 bridgehead atoms. The quantitative estimate of drug-likeness (QED) is 0.676. The number of para-hydroxylation sites is 1. The minimum atomic E-state index is -0.343. The van der Waals surface area contributed by atoms with E-state index in [2.05, 4.69) is 17.2 Å². The summed E-state index contributed by atoms with van der Waals surface area (Å²) in [7, 11) is 0. The lowest BCUT2D eigenvalue weighted by Gasteiger charge is -2.13. The minimum absolute atomic E-state index is 0.126. The van der Waals surface area contributed by atoms with Crippen LogP contribution in [-0.4, -0.2) is 9.91 Å². The van der Waals surface area contributed by atoms with Crippen LogP contribution in [0.3, 0.4) is 0 Å². The third-order valence-corrected chi connectivity index (χ3v) is 4.38. The third kappa shape index (κ3) is 3.20. The molecule has 0 spiro atoms. The number of hydrogen-bond donors (Lipinski definition) is 1. The number of nitro benzene ring substituents is 1. The molecule has 2 rings (SSSR count). The number of nitrogens with one attached hydrogen (secondary N) is 1. The molecule has 1 atom stereocenters. The second-order valence-electron chi connectivity index (χ2n) is 4.67. The normalized spacial score (nSPS) is 12.3. The Morgan fingerprint density at radius 3 is 2.70 bits per heavy atom. The zero-order valence-electron chi connectivity index (χ0n) is 11.7. The molecule has 1 heterocycles. The van der Waals surface area contributed by atoms with Crippen LogP contribution in [0.5, 0.6) is 0 Å². The maximum atomic E-state index is 11.0. The van der Waals surface area contributed by atoms with Crippen LogP contribution in [0, 0.1) is 24.0 Å². The number of benzene rings is 1. The highest BCUT2D eigenvalue weighted by Gasteiger charge is 2.16. The van der Waals surface area contributed by atoms with Gasteiger partial charge in [-0.25, -0.2) is 4.98 Å². The zero-order chi connectivity index (χ0) is 14.7. The number of hydrogen-bond acceptors (Lipinski definition) is 5. The highest BCUT2D eigenvalue weighted by molar-refractivity contribution is 7.11. The lowest BCUT2D eigenvalue weighted by Crippen LogP contribution is -2.18. The Labute approximate surface area is 121 Å². The predicted octanol–water partition coefficient (Wildman–Crippen LogP) is 3.52. The highest BCUT2D eigenvalue weighted by Crippen LogP contribution is 2.25. The molecule has 1 unspecified atom stereocenters. The van der Waals surface area contributed by atoms with Crippen LogP contribution in [0.25, 0.3) is 0 Å². The molecule has 106 valence electrons. The summed E-state index contributed by atoms with van der Waals surface area (Å²) >= 11 is 1.66. The van der Waals surface area contributed by atoms with Crippen LogP contribution >= 0.6 is 11.3 Å². The highest BCUT2D eigenvalue weighted by atomic mass is 32.1. The fourth-order valence-corrected chi connectivity index (χ4v) is 3.10. The van der Waals surface area contributed by atoms with Crippen molar-refractivity contribution in [1.29, 1.82) is 0 Å². The first kappa shape index (κ1) is 14.6. The van der Waals surface area contributed by atoms with Gasteiger partial charge in [0.15, 0.2) is 0 Å². The van der Waals surface area contributed by atoms with Crippen molar-refractivity contribution >= 4 is 17.0 Å². The average Bonchev–Trinajstić information content (AvgIpc) is 2.75. The smallest absolute Gasteiger partial charge is 0.273 e. The molecule has 0 amide bonds. The van der Waals surface area contributed by atoms with Crippen LogP contribution < -0.4 is 5.32 Å². The lowest BCUT2D eigenvalue weighted by molar-refractivity contribution is -0.385. The Kier molecular flexibility index (Phi) is 4.46. The molecule has 0 fully saturated rings. The Morgan fingerprint density at radius 1 is 1.40 bits per heavy atom. The maximum absolute atomic E-state index is 11.0. The van der Waals surface area contributed by atoms with Gasteiger partial charge >= 0.3 is 0 Å². The second kappa shape index (κ2) is 6.11. The molecule has 0 saturated heterocycles. The van der Waals surface area contributed by atoms with Gasteiger partial charge in [-0.05, 0) is 20.8 Å². The lowest BCUT2D eigenvalue weighted by atomic mass is 10.1. The van der Waals surface area contributed by atoms with Crippen LogP contribution in [0.1, 0.15) is 34.1 Å². The van der Waals surface area contributed by atoms with Crippen molar-refractivity contribution in [3.05, 3.63) is 55.5 Å². The summed E-state index contributed by atoms with van der Waals surface area (Å²) in [5.41, 5.74) is 1.88. The molecule has 0 radical (unpaired) electrons. The molecule has 6 heteroatoms. The first-order valence-electron chi connectivity index (χ1n) is 6.38. The van der Waals surface area contributed by atoms with Crippen molar-refractivity contribution in [1.82, 2.24) is 10.3 Å². The van der Waals surface area contributed by atoms with E-state index in [0.717, 1.165) is 10.7 Å². The van der Waals surface area contributed by atoms with Crippen LogP contribution in [0.4, 0.5) is 5.69 Å². The minimum Gasteiger partial charge on any atom is -0.305 e. The van der Waals surface area contributed by atoms with E-state index < -0.39 is 0 Å². The summed E-state index contributed by atoms with van der Waals surface area (Å²) in [5, 5.41) is 15.3. The standard InChI is InChI=1S/C14H17N3O2S/c1-9(14-10(2)16-11(3)20-14)15-8-12-6-4-5-7-13(12)17(18)19/h4-7,9,15H,8H2,1-3H3. The van der Waals surface area contributed by atoms with Crippen molar-refractivity contribution in [3.63, 3.8) is 0 Å². The summed E-state index contributed by atoms with van der Waals surface area (Å²) in [6, 6.07) is 6.94. The van der Waals surface area contributed by atoms with Gasteiger partial charge in [0.25, 0.3) is 5.69 Å². The average molecular weight is 291 g/mol. The van der Waals surface area contributed by atoms with Crippen molar-refractivity contribution in [2.45, 2.75) is 33.4 Å². The third-order valence-electron chi connectivity index (χ3n) is 3.12. The van der Waals surface area contributed by atoms with Gasteiger partial charge in [-0.1, -0.05) is 18.2 Å². The van der Waals surface area contributed by atoms with E-state index in [0.29, 0.717) is 12.1 Å². The summed E-state index contributed by atoms with van der Waals surface area (Å²) in [5.74, 6) is 0. The van der Waals surface area contributed by atoms with Gasteiger partial charge in [-0.15, -0.1) is 11.3 Å². The summed E-state index contributed by atoms with van der Waals surface area (Å²) in [6.07, 6.45) is 0. The van der Waals surface area contributed by atoms with E-state index in [1.807, 2.05) is 19.9 Å². The van der Waals surface area contributed by atoms with Gasteiger partial charge in [-0.3, -0.25) is 10.1 Å². The Morgan fingerprint density at radius 2 is 2.10 bits per heavy atom. The van der Waals surface area contributed by atoms with Gasteiger partial charge in [0, 0.05) is 29.1 Å². The number of nitro groups is 1. The van der Waals surface area contributed by atoms with Crippen molar-refractivity contribution in [2.24, 2.45) is 0 Å². The summed E-state index contributed by atoms with van der Waals surface area (Å²) < 4.78 is 0. The van der Waals surface area contributed by atoms with E-state index in [9.17, 15) is 10.1 Å². The molecule has 0 aliphatic rings. The van der Waals surface area contributed by atoms with Crippen molar-refractivity contribution < 1.29 is 4.92 Å². The van der Waals surface area contributed by atoms with E-state index in [-0.39, 0.29) is 16.7 Å². The molecule has 20 heavy (non-hydrogen) atoms. The molecular weight excluding hydrogens is 274 g/mol. The van der Waals surface area contributed by atoms with Crippen molar-refractivity contribution in [2.75, 3.05) is 0 Å². The Bertz CT molecular complexity index is 625. The van der Waals surface area contributed by atoms with Crippen molar-refractivity contribution in [3.8, 4) is 0 Å². The monoisotopic (exact) mass is 291 g/mol. The topological polar surface area (TPSA) is 68.1 Å². The van der Waals surface area contributed by atoms with Gasteiger partial charge in [0.05, 0.1) is 15.6 Å². The van der Waals surface area contributed by atoms with E-state index in [1.165, 1.54) is 10.9 Å². The fraction of sp³-hybridized carbons (Fsp3) is 0.357. The SMILES string of the molecule is Cc1nc(C)c(C(C)NCc2ccccc2[N+](=O)[O-])s1. The zero-order valence-corrected chi connectivity index (χ0v) is 12.5. The van der Waals surface area contributed by atoms with E-state index in [1.54, 1.807) is 23.5 Å². The molecule has 1 N–H and O–H groups in total. The number of aromatic nitrogens is 1. The van der Waals surface area contributed by atoms with Gasteiger partial charge in [0.1, 0.15) is 0 Å². The molecule has 1 aromatic carbocycles. The molecule has 0 aliphatic heterocycles. The Hall–Kier alpha value is -1.79. The van der Waals surface area contributed by atoms with Gasteiger partial charge < -0.3 is 5.32 Å². The largest absolute Gasteiger partial charge is 0.305 e. The molecule has 0 saturated carbocycles. The van der Waals surface area contributed by atoms with E-state index >= 15 is 0 Å². The van der Waals surface area contributed by atoms with Gasteiger partial charge in [-0.2, -0.15) is 0 Å². The van der Waals surface area contributed by atoms with Crippen LogP contribution in [0.2, 0.25) is 0 Å². The number of thiazole rings is 1. The Balaban J connectivity index is 2.09. The number of aryl methyl sites for hydroxylation is 2. The molecule has 5 nitrogen and oxygen atoms in total. The predicted molar refractivity (Wildman–Crippen MR) is 79.9 cm³/mol. The summed E-state index contributed by atoms with van der Waals surface area (Å²) in [6.45, 7) is 6.49. The summed E-state index contributed by atoms with van der Waals surface area (Å²) in [4.78, 5) is 16.2. The first-order chi connectivity index (χ1) is 9.49. The van der Waals surface area contributed by atoms with Crippen LogP contribution in [0.15, 0.2) is 24.3 Å². The van der Waals surface area contributed by atoms with Crippen LogP contribution in [-0.2, 0) is 6.54 Å². The first-order valence-corrected chi connectivity index (χ1v) is 7.20. The molecule has 1 aromatic heterocycles. The van der Waals surface area contributed by atoms with E-state index in [4.69, 9.17) is 0 Å². The fourth-order valence-electron chi connectivity index (χ4n) is 2.14. The molecular formula is C14H17N3O2S. The molecule has 0 aliphatic carbocycles. The number of nitrogens with zero attached hydrogens (tertiary/aromatic N) is 2. The van der Waals surface area contributed by atoms with Gasteiger partial charge in [0.2, 0.25) is 0 Å². The second-order valence-corrected chi connectivity index (χ2v) is 5.91. The molecule has 2 aromatic rings.